The van der Waals surface area contributed by atoms with Crippen LogP contribution in [-0.4, -0.2) is 25.9 Å². The van der Waals surface area contributed by atoms with Crippen LogP contribution in [0.2, 0.25) is 0 Å². The van der Waals surface area contributed by atoms with E-state index in [0.29, 0.717) is 11.1 Å². The van der Waals surface area contributed by atoms with Gasteiger partial charge in [-0.25, -0.2) is 0 Å². The smallest absolute Gasteiger partial charge is 0.488 e. The van der Waals surface area contributed by atoms with Gasteiger partial charge >= 0.3 is 12.7 Å². The number of nitrogens with two attached hydrogens (primary N) is 1. The van der Waals surface area contributed by atoms with Crippen LogP contribution in [0.15, 0.2) is 42.5 Å². The molecule has 0 radical (unpaired) electrons. The van der Waals surface area contributed by atoms with E-state index in [1.807, 2.05) is 0 Å². The highest BCUT2D eigenvalue weighted by Gasteiger charge is 2.33. The second-order valence-electron chi connectivity index (χ2n) is 4.92. The lowest BCUT2D eigenvalue weighted by atomic mass is 10.1. The summed E-state index contributed by atoms with van der Waals surface area (Å²) in [7, 11) is 0. The Bertz CT molecular complexity index is 734. The summed E-state index contributed by atoms with van der Waals surface area (Å²) < 4.78 is 86.6. The summed E-state index contributed by atoms with van der Waals surface area (Å²) in [5.41, 5.74) is 6.12. The van der Waals surface area contributed by atoms with Gasteiger partial charge in [-0.05, 0) is 35.4 Å². The highest BCUT2D eigenvalue weighted by atomic mass is 35.5. The van der Waals surface area contributed by atoms with Gasteiger partial charge in [-0.15, -0.1) is 38.7 Å². The van der Waals surface area contributed by atoms with Crippen molar-refractivity contribution < 1.29 is 40.6 Å². The van der Waals surface area contributed by atoms with Gasteiger partial charge in [0, 0.05) is 6.54 Å². The molecule has 0 amide bonds. The molecular weight excluding hydrogens is 404 g/mol. The largest absolute Gasteiger partial charge is 0.573 e. The molecule has 0 bridgehead atoms. The molecule has 0 saturated heterocycles. The van der Waals surface area contributed by atoms with Crippen LogP contribution in [0.25, 0.3) is 11.1 Å². The summed E-state index contributed by atoms with van der Waals surface area (Å²) in [6.45, 7) is 0.0230. The molecule has 0 aliphatic rings. The number of rotatable bonds is 6. The van der Waals surface area contributed by atoms with Gasteiger partial charge < -0.3 is 19.9 Å². The van der Waals surface area contributed by atoms with Crippen molar-refractivity contribution in [2.24, 2.45) is 5.73 Å². The van der Waals surface area contributed by atoms with E-state index in [0.717, 1.165) is 18.2 Å². The Kier molecular flexibility index (Phi) is 7.61. The van der Waals surface area contributed by atoms with Gasteiger partial charge in [0.1, 0.15) is 12.4 Å². The normalized spacial score (nSPS) is 11.5. The lowest BCUT2D eigenvalue weighted by Gasteiger charge is -2.15. The van der Waals surface area contributed by atoms with Crippen LogP contribution in [0.5, 0.6) is 17.2 Å². The zero-order chi connectivity index (χ0) is 19.4. The highest BCUT2D eigenvalue weighted by Crippen LogP contribution is 2.36. The van der Waals surface area contributed by atoms with Crippen LogP contribution in [0.1, 0.15) is 0 Å². The molecular formula is C16H14ClF6NO3. The first kappa shape index (κ1) is 22.7. The minimum atomic E-state index is -4.90. The van der Waals surface area contributed by atoms with Crippen molar-refractivity contribution in [2.45, 2.75) is 12.7 Å². The van der Waals surface area contributed by atoms with E-state index in [4.69, 9.17) is 10.5 Å². The van der Waals surface area contributed by atoms with Crippen molar-refractivity contribution in [1.29, 1.82) is 0 Å². The molecule has 0 atom stereocenters. The number of hydrogen-bond donors (Lipinski definition) is 1. The van der Waals surface area contributed by atoms with E-state index in [-0.39, 0.29) is 31.3 Å². The van der Waals surface area contributed by atoms with Gasteiger partial charge in [-0.1, -0.05) is 18.2 Å². The maximum Gasteiger partial charge on any atom is 0.573 e. The molecule has 0 saturated carbocycles. The average Bonchev–Trinajstić information content (AvgIpc) is 2.52. The van der Waals surface area contributed by atoms with Crippen molar-refractivity contribution in [3.63, 3.8) is 0 Å². The van der Waals surface area contributed by atoms with Gasteiger partial charge in [-0.2, -0.15) is 0 Å². The van der Waals surface area contributed by atoms with Gasteiger partial charge in [0.15, 0.2) is 11.5 Å². The van der Waals surface area contributed by atoms with Crippen molar-refractivity contribution in [1.82, 2.24) is 0 Å². The third-order valence-electron chi connectivity index (χ3n) is 2.97. The second kappa shape index (κ2) is 9.05. The zero-order valence-corrected chi connectivity index (χ0v) is 14.3. The Morgan fingerprint density at radius 2 is 1.30 bits per heavy atom. The first-order chi connectivity index (χ1) is 12.1. The predicted octanol–water partition coefficient (Wildman–Crippen LogP) is 4.91. The summed E-state index contributed by atoms with van der Waals surface area (Å²) in [5.74, 6) is -1.16. The first-order valence-electron chi connectivity index (χ1n) is 7.16. The lowest BCUT2D eigenvalue weighted by molar-refractivity contribution is -0.275. The maximum atomic E-state index is 12.4. The monoisotopic (exact) mass is 417 g/mol. The fourth-order valence-corrected chi connectivity index (χ4v) is 2.03. The van der Waals surface area contributed by atoms with E-state index in [9.17, 15) is 26.3 Å². The molecule has 0 spiro atoms. The SMILES string of the molecule is Cl.NCCOc1cc(-c2ccc(OC(F)(F)F)cc2)ccc1OC(F)(F)F. The molecule has 2 aromatic rings. The summed E-state index contributed by atoms with van der Waals surface area (Å²) in [6, 6.07) is 8.47. The van der Waals surface area contributed by atoms with Gasteiger partial charge in [-0.3, -0.25) is 0 Å². The Hall–Kier alpha value is -2.33. The number of hydrogen-bond acceptors (Lipinski definition) is 4. The Morgan fingerprint density at radius 1 is 0.741 bits per heavy atom. The molecule has 11 heteroatoms. The van der Waals surface area contributed by atoms with Crippen LogP contribution < -0.4 is 19.9 Å². The number of alkyl halides is 6. The molecule has 2 rings (SSSR count). The molecule has 0 unspecified atom stereocenters. The predicted molar refractivity (Wildman–Crippen MR) is 87.0 cm³/mol. The Labute approximate surface area is 156 Å². The molecule has 0 heterocycles. The molecule has 27 heavy (non-hydrogen) atoms. The highest BCUT2D eigenvalue weighted by molar-refractivity contribution is 5.85. The second-order valence-corrected chi connectivity index (χ2v) is 4.92. The van der Waals surface area contributed by atoms with Crippen LogP contribution in [0.3, 0.4) is 0 Å². The quantitative estimate of drug-likeness (QED) is 0.679. The van der Waals surface area contributed by atoms with Gasteiger partial charge in [0.2, 0.25) is 0 Å². The van der Waals surface area contributed by atoms with Crippen molar-refractivity contribution in [2.75, 3.05) is 13.2 Å². The summed E-state index contributed by atoms with van der Waals surface area (Å²) >= 11 is 0. The standard InChI is InChI=1S/C16H13F6NO3.ClH/c17-15(18,19)25-12-4-1-10(2-5-12)11-3-6-13(26-16(20,21)22)14(9-11)24-8-7-23;/h1-6,9H,7-8,23H2;1H. The summed E-state index contributed by atoms with van der Waals surface area (Å²) in [5, 5.41) is 0. The minimum Gasteiger partial charge on any atom is -0.488 e. The van der Waals surface area contributed by atoms with Crippen LogP contribution >= 0.6 is 12.4 Å². The molecule has 150 valence electrons. The van der Waals surface area contributed by atoms with Crippen molar-refractivity contribution in [3.8, 4) is 28.4 Å². The molecule has 0 aliphatic carbocycles. The molecule has 0 aromatic heterocycles. The fourth-order valence-electron chi connectivity index (χ4n) is 2.03. The summed E-state index contributed by atoms with van der Waals surface area (Å²) in [6.07, 6.45) is -9.72. The van der Waals surface area contributed by atoms with Gasteiger partial charge in [0.05, 0.1) is 0 Å². The lowest BCUT2D eigenvalue weighted by Crippen LogP contribution is -2.18. The van der Waals surface area contributed by atoms with E-state index < -0.39 is 24.2 Å². The third-order valence-corrected chi connectivity index (χ3v) is 2.97. The topological polar surface area (TPSA) is 53.7 Å². The van der Waals surface area contributed by atoms with Crippen LogP contribution in [-0.2, 0) is 0 Å². The minimum absolute atomic E-state index is 0. The van der Waals surface area contributed by atoms with E-state index in [1.54, 1.807) is 0 Å². The number of benzene rings is 2. The molecule has 2 N–H and O–H groups in total. The average molecular weight is 418 g/mol. The van der Waals surface area contributed by atoms with Gasteiger partial charge in [0.25, 0.3) is 0 Å². The van der Waals surface area contributed by atoms with E-state index in [2.05, 4.69) is 9.47 Å². The van der Waals surface area contributed by atoms with Crippen LogP contribution in [0.4, 0.5) is 26.3 Å². The molecule has 2 aromatic carbocycles. The molecule has 0 aliphatic heterocycles. The van der Waals surface area contributed by atoms with Crippen molar-refractivity contribution >= 4 is 12.4 Å². The Balaban J connectivity index is 0.00000364. The summed E-state index contributed by atoms with van der Waals surface area (Å²) in [4.78, 5) is 0. The Morgan fingerprint density at radius 3 is 1.81 bits per heavy atom. The molecule has 4 nitrogen and oxygen atoms in total. The zero-order valence-electron chi connectivity index (χ0n) is 13.4. The molecule has 0 fully saturated rings. The van der Waals surface area contributed by atoms with E-state index >= 15 is 0 Å². The van der Waals surface area contributed by atoms with Crippen molar-refractivity contribution in [3.05, 3.63) is 42.5 Å². The number of halogens is 7. The van der Waals surface area contributed by atoms with E-state index in [1.165, 1.54) is 24.3 Å². The third kappa shape index (κ3) is 7.43. The first-order valence-corrected chi connectivity index (χ1v) is 7.16. The van der Waals surface area contributed by atoms with Crippen LogP contribution in [0, 0.1) is 0 Å². The number of ether oxygens (including phenoxy) is 3. The fraction of sp³-hybridized carbons (Fsp3) is 0.250. The maximum absolute atomic E-state index is 12.4.